The van der Waals surface area contributed by atoms with Crippen molar-refractivity contribution in [2.75, 3.05) is 0 Å². The molecule has 3 aromatic rings. The lowest BCUT2D eigenvalue weighted by atomic mass is 10.1. The molecule has 0 aromatic heterocycles. The zero-order valence-corrected chi connectivity index (χ0v) is 14.4. The zero-order chi connectivity index (χ0) is 17.6. The summed E-state index contributed by atoms with van der Waals surface area (Å²) >= 11 is 0. The van der Waals surface area contributed by atoms with E-state index in [1.165, 1.54) is 17.7 Å². The molecule has 126 valence electrons. The highest BCUT2D eigenvalue weighted by Gasteiger charge is 2.03. The first-order chi connectivity index (χ1) is 12.1. The summed E-state index contributed by atoms with van der Waals surface area (Å²) in [6, 6.07) is 20.3. The normalized spacial score (nSPS) is 11.0. The third kappa shape index (κ3) is 4.54. The highest BCUT2D eigenvalue weighted by Crippen LogP contribution is 2.22. The molecule has 0 aliphatic carbocycles. The first-order valence-corrected chi connectivity index (χ1v) is 8.19. The van der Waals surface area contributed by atoms with E-state index in [9.17, 15) is 4.39 Å². The van der Waals surface area contributed by atoms with Gasteiger partial charge >= 0.3 is 0 Å². The number of aliphatic imine (C=N–C) groups is 1. The molecule has 0 bridgehead atoms. The predicted octanol–water partition coefficient (Wildman–Crippen LogP) is 5.77. The SMILES string of the molecule is Cc1ccc(C)c(N=Cc2ccccc2OCc2ccc(F)cc2)c1. The van der Waals surface area contributed by atoms with Gasteiger partial charge < -0.3 is 4.74 Å². The first kappa shape index (κ1) is 16.9. The molecule has 0 spiro atoms. The smallest absolute Gasteiger partial charge is 0.128 e. The summed E-state index contributed by atoms with van der Waals surface area (Å²) in [5, 5.41) is 0. The zero-order valence-electron chi connectivity index (χ0n) is 14.4. The second kappa shape index (κ2) is 7.75. The van der Waals surface area contributed by atoms with Crippen LogP contribution in [0.5, 0.6) is 5.75 Å². The summed E-state index contributed by atoms with van der Waals surface area (Å²) in [5.41, 5.74) is 5.09. The molecule has 3 aromatic carbocycles. The molecule has 0 saturated heterocycles. The predicted molar refractivity (Wildman–Crippen MR) is 100 cm³/mol. The fraction of sp³-hybridized carbons (Fsp3) is 0.136. The maximum Gasteiger partial charge on any atom is 0.128 e. The van der Waals surface area contributed by atoms with E-state index in [0.717, 1.165) is 28.1 Å². The Morgan fingerprint density at radius 1 is 0.960 bits per heavy atom. The number of hydrogen-bond acceptors (Lipinski definition) is 2. The van der Waals surface area contributed by atoms with Gasteiger partial charge in [0.1, 0.15) is 18.2 Å². The van der Waals surface area contributed by atoms with Gasteiger partial charge in [-0.3, -0.25) is 4.99 Å². The highest BCUT2D eigenvalue weighted by atomic mass is 19.1. The van der Waals surface area contributed by atoms with Crippen molar-refractivity contribution in [3.63, 3.8) is 0 Å². The van der Waals surface area contributed by atoms with Crippen molar-refractivity contribution < 1.29 is 9.13 Å². The number of rotatable bonds is 5. The second-order valence-corrected chi connectivity index (χ2v) is 6.00. The van der Waals surface area contributed by atoms with Crippen LogP contribution in [0, 0.1) is 19.7 Å². The summed E-state index contributed by atoms with van der Waals surface area (Å²) < 4.78 is 18.9. The molecular weight excluding hydrogens is 313 g/mol. The molecule has 0 aliphatic rings. The van der Waals surface area contributed by atoms with Crippen LogP contribution in [0.15, 0.2) is 71.7 Å². The molecule has 0 radical (unpaired) electrons. The van der Waals surface area contributed by atoms with Crippen molar-refractivity contribution in [2.24, 2.45) is 4.99 Å². The fourth-order valence-electron chi connectivity index (χ4n) is 2.46. The van der Waals surface area contributed by atoms with Gasteiger partial charge in [0.15, 0.2) is 0 Å². The van der Waals surface area contributed by atoms with Crippen LogP contribution in [0.3, 0.4) is 0 Å². The van der Waals surface area contributed by atoms with Crippen molar-refractivity contribution >= 4 is 11.9 Å². The van der Waals surface area contributed by atoms with Crippen molar-refractivity contribution in [1.82, 2.24) is 0 Å². The molecule has 2 nitrogen and oxygen atoms in total. The minimum atomic E-state index is -0.246. The molecule has 0 aliphatic heterocycles. The standard InChI is InChI=1S/C22H20FNO/c1-16-7-8-17(2)21(13-16)24-14-19-5-3-4-6-22(19)25-15-18-9-11-20(23)12-10-18/h3-14H,15H2,1-2H3. The van der Waals surface area contributed by atoms with E-state index < -0.39 is 0 Å². The van der Waals surface area contributed by atoms with Gasteiger partial charge in [0.25, 0.3) is 0 Å². The molecule has 0 heterocycles. The van der Waals surface area contributed by atoms with Gasteiger partial charge in [-0.25, -0.2) is 4.39 Å². The lowest BCUT2D eigenvalue weighted by Crippen LogP contribution is -1.98. The summed E-state index contributed by atoms with van der Waals surface area (Å²) in [6.07, 6.45) is 1.82. The Morgan fingerprint density at radius 2 is 1.72 bits per heavy atom. The van der Waals surface area contributed by atoms with Crippen molar-refractivity contribution in [2.45, 2.75) is 20.5 Å². The Balaban J connectivity index is 1.77. The van der Waals surface area contributed by atoms with Crippen molar-refractivity contribution in [1.29, 1.82) is 0 Å². The number of ether oxygens (including phenoxy) is 1. The Morgan fingerprint density at radius 3 is 2.52 bits per heavy atom. The van der Waals surface area contributed by atoms with Crippen LogP contribution in [0.1, 0.15) is 22.3 Å². The second-order valence-electron chi connectivity index (χ2n) is 6.00. The van der Waals surface area contributed by atoms with Gasteiger partial charge in [0, 0.05) is 11.8 Å². The maximum atomic E-state index is 13.0. The molecule has 0 amide bonds. The average Bonchev–Trinajstić information content (AvgIpc) is 2.63. The summed E-state index contributed by atoms with van der Waals surface area (Å²) in [7, 11) is 0. The number of benzene rings is 3. The van der Waals surface area contributed by atoms with Crippen LogP contribution in [-0.4, -0.2) is 6.21 Å². The summed E-state index contributed by atoms with van der Waals surface area (Å²) in [6.45, 7) is 4.48. The van der Waals surface area contributed by atoms with Gasteiger partial charge in [-0.05, 0) is 60.9 Å². The largest absolute Gasteiger partial charge is 0.488 e. The third-order valence-corrected chi connectivity index (χ3v) is 3.93. The molecule has 3 heteroatoms. The summed E-state index contributed by atoms with van der Waals surface area (Å²) in [5.74, 6) is 0.505. The van der Waals surface area contributed by atoms with E-state index in [-0.39, 0.29) is 5.82 Å². The molecule has 0 atom stereocenters. The third-order valence-electron chi connectivity index (χ3n) is 3.93. The first-order valence-electron chi connectivity index (χ1n) is 8.19. The number of halogens is 1. The molecule has 0 unspecified atom stereocenters. The molecule has 0 fully saturated rings. The maximum absolute atomic E-state index is 13.0. The molecule has 25 heavy (non-hydrogen) atoms. The lowest BCUT2D eigenvalue weighted by molar-refractivity contribution is 0.305. The molecular formula is C22H20FNO. The van der Waals surface area contributed by atoms with Crippen LogP contribution in [0.4, 0.5) is 10.1 Å². The monoisotopic (exact) mass is 333 g/mol. The van der Waals surface area contributed by atoms with Crippen molar-refractivity contribution in [3.05, 3.63) is 94.8 Å². The average molecular weight is 333 g/mol. The minimum absolute atomic E-state index is 0.246. The topological polar surface area (TPSA) is 21.6 Å². The van der Waals surface area contributed by atoms with Crippen LogP contribution in [-0.2, 0) is 6.61 Å². The van der Waals surface area contributed by atoms with Gasteiger partial charge in [-0.15, -0.1) is 0 Å². The van der Waals surface area contributed by atoms with Crippen LogP contribution >= 0.6 is 0 Å². The number of para-hydroxylation sites is 1. The molecule has 0 saturated carbocycles. The quantitative estimate of drug-likeness (QED) is 0.543. The number of nitrogens with zero attached hydrogens (tertiary/aromatic N) is 1. The van der Waals surface area contributed by atoms with E-state index in [1.807, 2.05) is 37.4 Å². The Labute approximate surface area is 147 Å². The molecule has 3 rings (SSSR count). The molecule has 0 N–H and O–H groups in total. The van der Waals surface area contributed by atoms with Gasteiger partial charge in [0.05, 0.1) is 5.69 Å². The Kier molecular flexibility index (Phi) is 5.24. The Hall–Kier alpha value is -2.94. The van der Waals surface area contributed by atoms with Crippen LogP contribution in [0.2, 0.25) is 0 Å². The van der Waals surface area contributed by atoms with E-state index in [0.29, 0.717) is 6.61 Å². The van der Waals surface area contributed by atoms with Crippen LogP contribution < -0.4 is 4.74 Å². The number of hydrogen-bond donors (Lipinski definition) is 0. The van der Waals surface area contributed by atoms with E-state index in [1.54, 1.807) is 12.1 Å². The van der Waals surface area contributed by atoms with Gasteiger partial charge in [0.2, 0.25) is 0 Å². The minimum Gasteiger partial charge on any atom is -0.488 e. The van der Waals surface area contributed by atoms with Crippen molar-refractivity contribution in [3.8, 4) is 5.75 Å². The summed E-state index contributed by atoms with van der Waals surface area (Å²) in [4.78, 5) is 4.61. The number of aryl methyl sites for hydroxylation is 2. The van der Waals surface area contributed by atoms with E-state index in [4.69, 9.17) is 4.74 Å². The van der Waals surface area contributed by atoms with Crippen LogP contribution in [0.25, 0.3) is 0 Å². The van der Waals surface area contributed by atoms with E-state index >= 15 is 0 Å². The highest BCUT2D eigenvalue weighted by molar-refractivity contribution is 5.85. The van der Waals surface area contributed by atoms with Gasteiger partial charge in [-0.2, -0.15) is 0 Å². The Bertz CT molecular complexity index is 885. The van der Waals surface area contributed by atoms with Gasteiger partial charge in [-0.1, -0.05) is 36.4 Å². The van der Waals surface area contributed by atoms with E-state index in [2.05, 4.69) is 30.1 Å². The lowest BCUT2D eigenvalue weighted by Gasteiger charge is -2.09. The fourth-order valence-corrected chi connectivity index (χ4v) is 2.46.